The highest BCUT2D eigenvalue weighted by molar-refractivity contribution is 4.97. The topological polar surface area (TPSA) is 15.3 Å². The zero-order valence-corrected chi connectivity index (χ0v) is 11.3. The fourth-order valence-corrected chi connectivity index (χ4v) is 2.83. The number of hydrogen-bond acceptors (Lipinski definition) is 2. The van der Waals surface area contributed by atoms with Crippen molar-refractivity contribution in [3.63, 3.8) is 0 Å². The van der Waals surface area contributed by atoms with Crippen molar-refractivity contribution in [3.8, 4) is 0 Å². The van der Waals surface area contributed by atoms with Crippen molar-refractivity contribution in [1.82, 2.24) is 10.2 Å². The molecule has 2 unspecified atom stereocenters. The number of nitrogens with one attached hydrogen (secondary N) is 1. The molecule has 1 aliphatic heterocycles. The molecule has 0 spiro atoms. The molecule has 0 radical (unpaired) electrons. The third kappa shape index (κ3) is 2.78. The summed E-state index contributed by atoms with van der Waals surface area (Å²) < 4.78 is 0. The Labute approximate surface area is 101 Å². The van der Waals surface area contributed by atoms with Crippen molar-refractivity contribution in [2.75, 3.05) is 19.6 Å². The van der Waals surface area contributed by atoms with E-state index in [1.54, 1.807) is 0 Å². The van der Waals surface area contributed by atoms with Crippen LogP contribution in [0.25, 0.3) is 0 Å². The molecule has 16 heavy (non-hydrogen) atoms. The Morgan fingerprint density at radius 1 is 1.25 bits per heavy atom. The zero-order valence-electron chi connectivity index (χ0n) is 11.3. The fraction of sp³-hybridized carbons (Fsp3) is 1.00. The molecule has 0 bridgehead atoms. The molecule has 94 valence electrons. The molecular weight excluding hydrogens is 196 g/mol. The van der Waals surface area contributed by atoms with Crippen molar-refractivity contribution in [2.45, 2.75) is 65.0 Å². The van der Waals surface area contributed by atoms with Crippen LogP contribution in [-0.2, 0) is 0 Å². The minimum atomic E-state index is 0.614. The van der Waals surface area contributed by atoms with Crippen LogP contribution in [0.4, 0.5) is 0 Å². The first kappa shape index (κ1) is 12.4. The monoisotopic (exact) mass is 224 g/mol. The van der Waals surface area contributed by atoms with E-state index >= 15 is 0 Å². The van der Waals surface area contributed by atoms with Gasteiger partial charge in [0.05, 0.1) is 0 Å². The molecule has 2 nitrogen and oxygen atoms in total. The molecule has 1 saturated carbocycles. The van der Waals surface area contributed by atoms with E-state index in [4.69, 9.17) is 0 Å². The number of nitrogens with zero attached hydrogens (tertiary/aromatic N) is 1. The summed E-state index contributed by atoms with van der Waals surface area (Å²) in [5.74, 6) is 0. The minimum Gasteiger partial charge on any atom is -0.312 e. The van der Waals surface area contributed by atoms with Crippen LogP contribution >= 0.6 is 0 Å². The molecule has 0 amide bonds. The highest BCUT2D eigenvalue weighted by atomic mass is 15.2. The zero-order chi connectivity index (χ0) is 11.6. The lowest BCUT2D eigenvalue weighted by Crippen LogP contribution is -2.45. The quantitative estimate of drug-likeness (QED) is 0.746. The normalized spacial score (nSPS) is 27.9. The Kier molecular flexibility index (Phi) is 3.91. The van der Waals surface area contributed by atoms with Crippen LogP contribution < -0.4 is 5.32 Å². The van der Waals surface area contributed by atoms with Crippen LogP contribution in [0, 0.1) is 5.41 Å². The lowest BCUT2D eigenvalue weighted by atomic mass is 10.0. The summed E-state index contributed by atoms with van der Waals surface area (Å²) in [6.07, 6.45) is 6.94. The van der Waals surface area contributed by atoms with Gasteiger partial charge >= 0.3 is 0 Å². The van der Waals surface area contributed by atoms with Crippen molar-refractivity contribution in [2.24, 2.45) is 5.41 Å². The van der Waals surface area contributed by atoms with Gasteiger partial charge in [0.2, 0.25) is 0 Å². The van der Waals surface area contributed by atoms with Crippen LogP contribution in [0.5, 0.6) is 0 Å². The van der Waals surface area contributed by atoms with Crippen LogP contribution in [0.15, 0.2) is 0 Å². The van der Waals surface area contributed by atoms with Gasteiger partial charge in [-0.25, -0.2) is 0 Å². The molecule has 2 aliphatic rings. The van der Waals surface area contributed by atoms with Crippen molar-refractivity contribution in [3.05, 3.63) is 0 Å². The van der Waals surface area contributed by atoms with E-state index in [0.717, 1.165) is 6.04 Å². The maximum Gasteiger partial charge on any atom is 0.0218 e. The first-order chi connectivity index (χ1) is 7.65. The Morgan fingerprint density at radius 2 is 1.88 bits per heavy atom. The molecule has 2 atom stereocenters. The van der Waals surface area contributed by atoms with Gasteiger partial charge in [0.15, 0.2) is 0 Å². The Bertz CT molecular complexity index is 217. The van der Waals surface area contributed by atoms with Gasteiger partial charge < -0.3 is 5.32 Å². The van der Waals surface area contributed by atoms with E-state index in [1.165, 1.54) is 51.7 Å². The summed E-state index contributed by atoms with van der Waals surface area (Å²) in [4.78, 5) is 2.68. The minimum absolute atomic E-state index is 0.614. The molecular formula is C14H28N2. The predicted octanol–water partition coefficient (Wildman–Crippen LogP) is 2.64. The van der Waals surface area contributed by atoms with Crippen molar-refractivity contribution in [1.29, 1.82) is 0 Å². The second kappa shape index (κ2) is 5.05. The molecule has 1 heterocycles. The molecule has 0 aromatic rings. The molecule has 2 heteroatoms. The Balaban J connectivity index is 1.73. The van der Waals surface area contributed by atoms with Gasteiger partial charge in [-0.1, -0.05) is 13.8 Å². The van der Waals surface area contributed by atoms with Crippen molar-refractivity contribution >= 4 is 0 Å². The fourth-order valence-electron chi connectivity index (χ4n) is 2.83. The van der Waals surface area contributed by atoms with E-state index in [0.29, 0.717) is 11.5 Å². The van der Waals surface area contributed by atoms with Gasteiger partial charge in [-0.15, -0.1) is 0 Å². The van der Waals surface area contributed by atoms with Gasteiger partial charge in [0.25, 0.3) is 0 Å². The smallest absolute Gasteiger partial charge is 0.0218 e. The number of rotatable bonds is 6. The van der Waals surface area contributed by atoms with Crippen LogP contribution in [0.1, 0.15) is 52.9 Å². The average molecular weight is 224 g/mol. The third-order valence-corrected chi connectivity index (χ3v) is 4.87. The summed E-state index contributed by atoms with van der Waals surface area (Å²) in [6, 6.07) is 1.47. The molecule has 1 aliphatic carbocycles. The second-order valence-corrected chi connectivity index (χ2v) is 6.09. The predicted molar refractivity (Wildman–Crippen MR) is 69.7 cm³/mol. The van der Waals surface area contributed by atoms with Gasteiger partial charge in [0, 0.05) is 18.6 Å². The largest absolute Gasteiger partial charge is 0.312 e. The number of likely N-dealkylation sites (tertiary alicyclic amines) is 1. The number of hydrogen-bond donors (Lipinski definition) is 1. The van der Waals surface area contributed by atoms with Gasteiger partial charge in [-0.05, 0) is 57.5 Å². The van der Waals surface area contributed by atoms with Gasteiger partial charge in [0.1, 0.15) is 0 Å². The maximum absolute atomic E-state index is 3.77. The first-order valence-corrected chi connectivity index (χ1v) is 7.13. The summed E-state index contributed by atoms with van der Waals surface area (Å²) >= 11 is 0. The van der Waals surface area contributed by atoms with Gasteiger partial charge in [-0.2, -0.15) is 0 Å². The molecule has 1 saturated heterocycles. The third-order valence-electron chi connectivity index (χ3n) is 4.87. The Morgan fingerprint density at radius 3 is 2.38 bits per heavy atom. The molecule has 1 N–H and O–H groups in total. The van der Waals surface area contributed by atoms with E-state index in [1.807, 2.05) is 0 Å². The summed E-state index contributed by atoms with van der Waals surface area (Å²) in [5, 5.41) is 3.77. The molecule has 0 aromatic heterocycles. The van der Waals surface area contributed by atoms with Crippen LogP contribution in [0.3, 0.4) is 0 Å². The Hall–Kier alpha value is -0.0800. The maximum atomic E-state index is 3.77. The van der Waals surface area contributed by atoms with E-state index in [-0.39, 0.29) is 0 Å². The molecule has 2 fully saturated rings. The molecule has 0 aromatic carbocycles. The molecule has 2 rings (SSSR count). The lowest BCUT2D eigenvalue weighted by molar-refractivity contribution is 0.217. The van der Waals surface area contributed by atoms with Crippen LogP contribution in [-0.4, -0.2) is 36.6 Å². The first-order valence-electron chi connectivity index (χ1n) is 7.13. The van der Waals surface area contributed by atoms with Crippen LogP contribution in [0.2, 0.25) is 0 Å². The van der Waals surface area contributed by atoms with E-state index < -0.39 is 0 Å². The average Bonchev–Trinajstić information content (AvgIpc) is 2.83. The summed E-state index contributed by atoms with van der Waals surface area (Å²) in [5.41, 5.74) is 0.614. The second-order valence-electron chi connectivity index (χ2n) is 6.09. The lowest BCUT2D eigenvalue weighted by Gasteiger charge is -2.29. The highest BCUT2D eigenvalue weighted by Gasteiger charge is 2.42. The van der Waals surface area contributed by atoms with E-state index in [2.05, 4.69) is 31.0 Å². The van der Waals surface area contributed by atoms with E-state index in [9.17, 15) is 0 Å². The van der Waals surface area contributed by atoms with Crippen molar-refractivity contribution < 1.29 is 0 Å². The van der Waals surface area contributed by atoms with Gasteiger partial charge in [-0.3, -0.25) is 4.90 Å². The summed E-state index contributed by atoms with van der Waals surface area (Å²) in [7, 11) is 0. The standard InChI is InChI=1S/C14H28N2/c1-4-13(16-9-5-6-10-16)11-15-12(2)14(3)7-8-14/h12-13,15H,4-11H2,1-3H3. The SMILES string of the molecule is CCC(CNC(C)C1(C)CC1)N1CCCC1. The summed E-state index contributed by atoms with van der Waals surface area (Å²) in [6.45, 7) is 10.9. The highest BCUT2D eigenvalue weighted by Crippen LogP contribution is 2.47.